The van der Waals surface area contributed by atoms with Crippen molar-refractivity contribution in [2.75, 3.05) is 12.3 Å². The van der Waals surface area contributed by atoms with E-state index in [0.29, 0.717) is 56.2 Å². The summed E-state index contributed by atoms with van der Waals surface area (Å²) >= 11 is 12.9. The van der Waals surface area contributed by atoms with E-state index < -0.39 is 40.1 Å². The number of carbonyl (C=O) groups is 2. The van der Waals surface area contributed by atoms with E-state index in [0.717, 1.165) is 44.1 Å². The number of benzene rings is 5. The first-order chi connectivity index (χ1) is 29.3. The van der Waals surface area contributed by atoms with Gasteiger partial charge < -0.3 is 30.4 Å². The fourth-order valence-corrected chi connectivity index (χ4v) is 10.1. The molecule has 0 saturated heterocycles. The number of carboxylic acids is 1. The van der Waals surface area contributed by atoms with Crippen LogP contribution in [-0.4, -0.2) is 53.4 Å². The molecule has 1 amide bonds. The highest BCUT2D eigenvalue weighted by Gasteiger charge is 2.42. The number of ether oxygens (including phenoxy) is 3. The third-order valence-electron chi connectivity index (χ3n) is 10.4. The van der Waals surface area contributed by atoms with Gasteiger partial charge >= 0.3 is 5.97 Å². The topological polar surface area (TPSA) is 194 Å². The molecule has 0 saturated carbocycles. The Morgan fingerprint density at radius 3 is 2.30 bits per heavy atom. The molecule has 0 bridgehead atoms. The summed E-state index contributed by atoms with van der Waals surface area (Å²) in [5, 5.41) is 22.9. The van der Waals surface area contributed by atoms with Crippen LogP contribution in [0.15, 0.2) is 114 Å². The number of nitrogens with zero attached hydrogens (tertiary/aromatic N) is 3. The molecule has 0 fully saturated rings. The Morgan fingerprint density at radius 2 is 1.64 bits per heavy atom. The molecule has 6 aromatic rings. The van der Waals surface area contributed by atoms with Crippen LogP contribution in [0.3, 0.4) is 0 Å². The second-order valence-corrected chi connectivity index (χ2v) is 18.4. The van der Waals surface area contributed by atoms with Crippen molar-refractivity contribution in [3.63, 3.8) is 0 Å². The number of amides is 1. The van der Waals surface area contributed by atoms with Gasteiger partial charge in [0.1, 0.15) is 31.0 Å². The smallest absolute Gasteiger partial charge is 0.326 e. The lowest BCUT2D eigenvalue weighted by atomic mass is 9.94. The van der Waals surface area contributed by atoms with E-state index in [1.165, 1.54) is 0 Å². The molecule has 17 heteroatoms. The lowest BCUT2D eigenvalue weighted by Crippen LogP contribution is -2.55. The average Bonchev–Trinajstić information content (AvgIpc) is 3.72. The minimum absolute atomic E-state index is 0.0323. The Balaban J connectivity index is 0.993. The van der Waals surface area contributed by atoms with Gasteiger partial charge in [-0.05, 0) is 93.9 Å². The van der Waals surface area contributed by atoms with E-state index in [1.54, 1.807) is 48.5 Å². The van der Waals surface area contributed by atoms with E-state index in [2.05, 4.69) is 16.4 Å². The van der Waals surface area contributed by atoms with Gasteiger partial charge in [-0.3, -0.25) is 4.79 Å². The molecule has 1 unspecified atom stereocenters. The van der Waals surface area contributed by atoms with E-state index in [-0.39, 0.29) is 35.3 Å². The number of halogens is 2. The second kappa shape index (κ2) is 17.4. The lowest BCUT2D eigenvalue weighted by Gasteiger charge is -2.36. The number of nitrogens with two attached hydrogens (primary N) is 1. The Hall–Kier alpha value is -6.15. The summed E-state index contributed by atoms with van der Waals surface area (Å²) in [6.07, 6.45) is 0.505. The van der Waals surface area contributed by atoms with E-state index in [1.807, 2.05) is 54.6 Å². The zero-order chi connectivity index (χ0) is 42.8. The highest BCUT2D eigenvalue weighted by Crippen LogP contribution is 2.42. The van der Waals surface area contributed by atoms with Crippen LogP contribution in [-0.2, 0) is 45.6 Å². The summed E-state index contributed by atoms with van der Waals surface area (Å²) in [4.78, 5) is 30.6. The first kappa shape index (κ1) is 41.6. The lowest BCUT2D eigenvalue weighted by molar-refractivity contribution is -0.142. The number of aliphatic carboxylic acids is 1. The molecule has 5 aromatic carbocycles. The van der Waals surface area contributed by atoms with Gasteiger partial charge in [0.05, 0.1) is 27.9 Å². The van der Waals surface area contributed by atoms with Crippen LogP contribution < -0.4 is 25.3 Å². The Labute approximate surface area is 364 Å². The Kier molecular flexibility index (Phi) is 11.9. The molecule has 13 nitrogen and oxygen atoms in total. The van der Waals surface area contributed by atoms with Gasteiger partial charge in [-0.25, -0.2) is 18.2 Å². The van der Waals surface area contributed by atoms with Crippen LogP contribution >= 0.6 is 34.5 Å². The predicted molar refractivity (Wildman–Crippen MR) is 229 cm³/mol. The number of hydrogen-bond donors (Lipinski definition) is 3. The number of nitrogen functional groups attached to an aromatic ring is 1. The Bertz CT molecular complexity index is 2780. The molecule has 2 aliphatic heterocycles. The Morgan fingerprint density at radius 1 is 0.951 bits per heavy atom. The molecular formula is C44H35Cl2N5O8S2. The molecule has 0 aliphatic carbocycles. The SMILES string of the molecule is N#Cc1ccc(-c2ccc(C[C@H](NC(=O)[C@@H]3Cc4cc5c(cc4CN3S(=O)(=O)c3cnc(N)s3)OC(c3ccc(OCc4ccc(Cl)c(Cl)c4)cc3)CO5)C(=O)O)cc2)cc1. The monoisotopic (exact) mass is 895 g/mol. The molecule has 0 spiro atoms. The fourth-order valence-electron chi connectivity index (χ4n) is 7.12. The predicted octanol–water partition coefficient (Wildman–Crippen LogP) is 7.59. The van der Waals surface area contributed by atoms with Crippen LogP contribution in [0.25, 0.3) is 11.1 Å². The van der Waals surface area contributed by atoms with E-state index in [9.17, 15) is 23.1 Å². The molecule has 0 radical (unpaired) electrons. The fraction of sp³-hybridized carbons (Fsp3) is 0.182. The first-order valence-electron chi connectivity index (χ1n) is 18.8. The maximum atomic E-state index is 14.2. The van der Waals surface area contributed by atoms with Crippen molar-refractivity contribution in [1.82, 2.24) is 14.6 Å². The number of rotatable bonds is 12. The summed E-state index contributed by atoms with van der Waals surface area (Å²) in [5.74, 6) is -0.616. The van der Waals surface area contributed by atoms with E-state index >= 15 is 0 Å². The van der Waals surface area contributed by atoms with Crippen LogP contribution in [0.2, 0.25) is 10.0 Å². The summed E-state index contributed by atoms with van der Waals surface area (Å²) in [6.45, 7) is 0.246. The molecule has 1 aromatic heterocycles. The van der Waals surface area contributed by atoms with Gasteiger partial charge in [-0.2, -0.15) is 9.57 Å². The summed E-state index contributed by atoms with van der Waals surface area (Å²) in [7, 11) is -4.35. The van der Waals surface area contributed by atoms with Crippen molar-refractivity contribution in [1.29, 1.82) is 5.26 Å². The number of hydrogen-bond acceptors (Lipinski definition) is 11. The summed E-state index contributed by atoms with van der Waals surface area (Å²) in [5.41, 5.74) is 11.6. The molecule has 3 atom stereocenters. The van der Waals surface area contributed by atoms with Crippen LogP contribution in [0.5, 0.6) is 17.2 Å². The third-order valence-corrected chi connectivity index (χ3v) is 14.2. The van der Waals surface area contributed by atoms with Gasteiger partial charge in [0.15, 0.2) is 26.9 Å². The third kappa shape index (κ3) is 9.14. The van der Waals surface area contributed by atoms with Crippen LogP contribution in [0.1, 0.15) is 39.5 Å². The zero-order valence-electron chi connectivity index (χ0n) is 32.0. The number of anilines is 1. The molecule has 3 heterocycles. The standard InChI is InChI=1S/C44H35Cl2N5O8S2/c45-34-14-5-27(15-35(34)46)23-57-33-12-10-30(11-13-33)40-24-58-38-18-31-17-37(51(22-32(31)19-39(38)59-40)61(55,56)41-21-49-44(48)60-41)42(52)50-36(43(53)54)16-25-1-6-28(7-2-25)29-8-3-26(20-47)4-9-29/h1-15,18-19,21,36-37,40H,16-17,22-24H2,(H2,48,49)(H,50,52)(H,53,54)/t36-,37-,40?/m0/s1. The molecular weight excluding hydrogens is 862 g/mol. The number of fused-ring (bicyclic) bond motifs is 2. The van der Waals surface area contributed by atoms with Crippen molar-refractivity contribution in [2.45, 2.75) is 48.4 Å². The van der Waals surface area contributed by atoms with Crippen LogP contribution in [0, 0.1) is 11.3 Å². The van der Waals surface area contributed by atoms with Gasteiger partial charge in [0, 0.05) is 13.0 Å². The summed E-state index contributed by atoms with van der Waals surface area (Å²) < 4.78 is 47.7. The van der Waals surface area contributed by atoms with Gasteiger partial charge in [-0.1, -0.05) is 89.1 Å². The highest BCUT2D eigenvalue weighted by atomic mass is 35.5. The van der Waals surface area contributed by atoms with Gasteiger partial charge in [0.25, 0.3) is 10.0 Å². The summed E-state index contributed by atoms with van der Waals surface area (Å²) in [6, 6.07) is 29.8. The van der Waals surface area contributed by atoms with Crippen molar-refractivity contribution in [2.24, 2.45) is 0 Å². The number of thiazole rings is 1. The van der Waals surface area contributed by atoms with E-state index in [4.69, 9.17) is 48.4 Å². The maximum absolute atomic E-state index is 14.2. The molecule has 4 N–H and O–H groups in total. The van der Waals surface area contributed by atoms with Crippen molar-refractivity contribution < 1.29 is 37.3 Å². The molecule has 2 aliphatic rings. The average molecular weight is 897 g/mol. The maximum Gasteiger partial charge on any atom is 0.326 e. The quantitative estimate of drug-likeness (QED) is 0.110. The molecule has 8 rings (SSSR count). The number of aromatic nitrogens is 1. The number of nitrogens with one attached hydrogen (secondary N) is 1. The van der Waals surface area contributed by atoms with Gasteiger partial charge in [-0.15, -0.1) is 0 Å². The zero-order valence-corrected chi connectivity index (χ0v) is 35.1. The second-order valence-electron chi connectivity index (χ2n) is 14.4. The van der Waals surface area contributed by atoms with Crippen molar-refractivity contribution in [3.05, 3.63) is 153 Å². The number of sulfonamides is 1. The largest absolute Gasteiger partial charge is 0.489 e. The first-order valence-corrected chi connectivity index (χ1v) is 21.8. The minimum Gasteiger partial charge on any atom is -0.489 e. The molecule has 310 valence electrons. The number of nitriles is 1. The van der Waals surface area contributed by atoms with Crippen molar-refractivity contribution in [3.8, 4) is 34.4 Å². The van der Waals surface area contributed by atoms with Gasteiger partial charge in [0.2, 0.25) is 5.91 Å². The molecule has 61 heavy (non-hydrogen) atoms. The minimum atomic E-state index is -4.35. The highest BCUT2D eigenvalue weighted by molar-refractivity contribution is 7.91. The van der Waals surface area contributed by atoms with Crippen LogP contribution in [0.4, 0.5) is 5.13 Å². The van der Waals surface area contributed by atoms with Crippen molar-refractivity contribution >= 4 is 61.6 Å². The normalized spacial score (nSPS) is 16.5. The number of carbonyl (C=O) groups excluding carboxylic acids is 1. The number of carboxylic acid groups (broad SMARTS) is 1.